The van der Waals surface area contributed by atoms with E-state index in [-0.39, 0.29) is 11.6 Å². The van der Waals surface area contributed by atoms with Crippen LogP contribution in [0.4, 0.5) is 13.2 Å². The minimum Gasteiger partial charge on any atom is -0.406 e. The molecule has 0 N–H and O–H groups in total. The second kappa shape index (κ2) is 7.70. The molecule has 0 aliphatic rings. The van der Waals surface area contributed by atoms with E-state index in [4.69, 9.17) is 4.52 Å². The van der Waals surface area contributed by atoms with Crippen molar-refractivity contribution in [2.24, 2.45) is 0 Å². The van der Waals surface area contributed by atoms with Crippen LogP contribution in [0.5, 0.6) is 5.75 Å². The van der Waals surface area contributed by atoms with Gasteiger partial charge in [-0.25, -0.2) is 0 Å². The summed E-state index contributed by atoms with van der Waals surface area (Å²) >= 11 is 0. The first kappa shape index (κ1) is 19.8. The lowest BCUT2D eigenvalue weighted by Crippen LogP contribution is -2.16. The molecular formula is C22H18F3N3O2. The molecule has 0 atom stereocenters. The Morgan fingerprint density at radius 1 is 0.967 bits per heavy atom. The lowest BCUT2D eigenvalue weighted by atomic mass is 10.1. The molecule has 2 aromatic heterocycles. The predicted octanol–water partition coefficient (Wildman–Crippen LogP) is 5.77. The molecule has 2 heterocycles. The molecule has 30 heavy (non-hydrogen) atoms. The Morgan fingerprint density at radius 2 is 1.67 bits per heavy atom. The van der Waals surface area contributed by atoms with Gasteiger partial charge < -0.3 is 13.8 Å². The van der Waals surface area contributed by atoms with E-state index < -0.39 is 6.36 Å². The number of halogens is 3. The largest absolute Gasteiger partial charge is 0.573 e. The molecule has 8 heteroatoms. The first-order valence-electron chi connectivity index (χ1n) is 9.19. The summed E-state index contributed by atoms with van der Waals surface area (Å²) in [6.07, 6.45) is -2.79. The van der Waals surface area contributed by atoms with Gasteiger partial charge in [0.2, 0.25) is 5.82 Å². The number of hydrogen-bond donors (Lipinski definition) is 0. The van der Waals surface area contributed by atoms with E-state index >= 15 is 0 Å². The van der Waals surface area contributed by atoms with Crippen molar-refractivity contribution < 1.29 is 22.4 Å². The Kier molecular flexibility index (Phi) is 5.07. The van der Waals surface area contributed by atoms with E-state index in [1.807, 2.05) is 26.1 Å². The van der Waals surface area contributed by atoms with E-state index in [0.29, 0.717) is 18.0 Å². The molecule has 0 saturated carbocycles. The van der Waals surface area contributed by atoms with Crippen LogP contribution in [0.15, 0.2) is 65.3 Å². The van der Waals surface area contributed by atoms with Gasteiger partial charge in [0, 0.05) is 24.0 Å². The van der Waals surface area contributed by atoms with E-state index in [1.54, 1.807) is 0 Å². The van der Waals surface area contributed by atoms with Gasteiger partial charge >= 0.3 is 6.36 Å². The highest BCUT2D eigenvalue weighted by Crippen LogP contribution is 2.27. The Morgan fingerprint density at radius 3 is 2.33 bits per heavy atom. The van der Waals surface area contributed by atoms with Gasteiger partial charge in [-0.3, -0.25) is 0 Å². The number of ether oxygens (including phenoxy) is 1. The number of benzene rings is 2. The van der Waals surface area contributed by atoms with E-state index in [2.05, 4.69) is 43.7 Å². The summed E-state index contributed by atoms with van der Waals surface area (Å²) < 4.78 is 48.2. The highest BCUT2D eigenvalue weighted by Gasteiger charge is 2.31. The molecule has 0 fully saturated rings. The maximum absolute atomic E-state index is 12.3. The minimum atomic E-state index is -4.73. The maximum atomic E-state index is 12.3. The Balaban J connectivity index is 1.52. The van der Waals surface area contributed by atoms with Gasteiger partial charge in [0.1, 0.15) is 5.75 Å². The average Bonchev–Trinajstić information content (AvgIpc) is 3.30. The second-order valence-electron chi connectivity index (χ2n) is 6.98. The lowest BCUT2D eigenvalue weighted by Gasteiger charge is -2.08. The zero-order valence-corrected chi connectivity index (χ0v) is 16.3. The fourth-order valence-electron chi connectivity index (χ4n) is 3.06. The smallest absolute Gasteiger partial charge is 0.406 e. The molecule has 2 aromatic carbocycles. The number of rotatable bonds is 5. The van der Waals surface area contributed by atoms with Gasteiger partial charge in [-0.15, -0.1) is 13.2 Å². The fraction of sp³-hybridized carbons (Fsp3) is 0.182. The van der Waals surface area contributed by atoms with E-state index in [9.17, 15) is 13.2 Å². The number of hydrogen-bond acceptors (Lipinski definition) is 4. The molecule has 0 unspecified atom stereocenters. The number of aryl methyl sites for hydroxylation is 2. The minimum absolute atomic E-state index is 0.285. The summed E-state index contributed by atoms with van der Waals surface area (Å²) in [5.74, 6) is 0.317. The van der Waals surface area contributed by atoms with Gasteiger partial charge in [0.25, 0.3) is 5.89 Å². The van der Waals surface area contributed by atoms with Gasteiger partial charge in [-0.05, 0) is 49.7 Å². The van der Waals surface area contributed by atoms with Gasteiger partial charge in [0.05, 0.1) is 5.56 Å². The first-order chi connectivity index (χ1) is 14.3. The van der Waals surface area contributed by atoms with Gasteiger partial charge in [-0.1, -0.05) is 35.0 Å². The zero-order valence-electron chi connectivity index (χ0n) is 16.3. The summed E-state index contributed by atoms with van der Waals surface area (Å²) in [6.45, 7) is 4.76. The summed E-state index contributed by atoms with van der Waals surface area (Å²) in [5, 5.41) is 3.94. The van der Waals surface area contributed by atoms with Crippen LogP contribution < -0.4 is 4.74 Å². The Labute approximate surface area is 170 Å². The van der Waals surface area contributed by atoms with Crippen LogP contribution in [0.25, 0.3) is 22.8 Å². The first-order valence-corrected chi connectivity index (χ1v) is 9.19. The molecule has 0 aliphatic carbocycles. The van der Waals surface area contributed by atoms with Crippen molar-refractivity contribution in [3.63, 3.8) is 0 Å². The fourth-order valence-corrected chi connectivity index (χ4v) is 3.06. The van der Waals surface area contributed by atoms with Crippen molar-refractivity contribution >= 4 is 0 Å². The molecule has 5 nitrogen and oxygen atoms in total. The zero-order chi connectivity index (χ0) is 21.3. The summed E-state index contributed by atoms with van der Waals surface area (Å²) in [6, 6.07) is 15.6. The Hall–Kier alpha value is -3.55. The molecule has 154 valence electrons. The SMILES string of the molecule is Cc1ccc(Cn2cc(-c3nc(-c4ccc(OC(F)(F)F)cc4)no3)cc2C)cc1. The normalized spacial score (nSPS) is 11.6. The van der Waals surface area contributed by atoms with Crippen LogP contribution in [-0.2, 0) is 6.54 Å². The van der Waals surface area contributed by atoms with Crippen LogP contribution in [-0.4, -0.2) is 21.1 Å². The van der Waals surface area contributed by atoms with Crippen LogP contribution in [0.1, 0.15) is 16.8 Å². The molecule has 0 bridgehead atoms. The highest BCUT2D eigenvalue weighted by molar-refractivity contribution is 5.60. The van der Waals surface area contributed by atoms with Gasteiger partial charge in [-0.2, -0.15) is 4.98 Å². The third-order valence-electron chi connectivity index (χ3n) is 4.60. The van der Waals surface area contributed by atoms with Crippen molar-refractivity contribution in [3.8, 4) is 28.6 Å². The molecule has 0 spiro atoms. The van der Waals surface area contributed by atoms with Crippen molar-refractivity contribution in [2.75, 3.05) is 0 Å². The summed E-state index contributed by atoms with van der Waals surface area (Å²) in [5.41, 5.74) is 4.72. The second-order valence-corrected chi connectivity index (χ2v) is 6.98. The number of nitrogens with zero attached hydrogens (tertiary/aromatic N) is 3. The van der Waals surface area contributed by atoms with Crippen molar-refractivity contribution in [1.29, 1.82) is 0 Å². The molecule has 0 saturated heterocycles. The molecule has 0 radical (unpaired) electrons. The Bertz CT molecular complexity index is 1140. The molecular weight excluding hydrogens is 395 g/mol. The maximum Gasteiger partial charge on any atom is 0.573 e. The lowest BCUT2D eigenvalue weighted by molar-refractivity contribution is -0.274. The van der Waals surface area contributed by atoms with Crippen LogP contribution in [0, 0.1) is 13.8 Å². The number of aromatic nitrogens is 3. The van der Waals surface area contributed by atoms with Crippen LogP contribution in [0.2, 0.25) is 0 Å². The number of alkyl halides is 3. The third kappa shape index (κ3) is 4.53. The van der Waals surface area contributed by atoms with Gasteiger partial charge in [0.15, 0.2) is 0 Å². The quantitative estimate of drug-likeness (QED) is 0.417. The van der Waals surface area contributed by atoms with Crippen LogP contribution >= 0.6 is 0 Å². The molecule has 4 rings (SSSR count). The third-order valence-corrected chi connectivity index (χ3v) is 4.60. The molecule has 0 aliphatic heterocycles. The summed E-state index contributed by atoms with van der Waals surface area (Å²) in [4.78, 5) is 4.37. The highest BCUT2D eigenvalue weighted by atomic mass is 19.4. The topological polar surface area (TPSA) is 53.1 Å². The molecule has 4 aromatic rings. The predicted molar refractivity (Wildman–Crippen MR) is 105 cm³/mol. The van der Waals surface area contributed by atoms with Crippen molar-refractivity contribution in [1.82, 2.24) is 14.7 Å². The molecule has 0 amide bonds. The average molecular weight is 413 g/mol. The van der Waals surface area contributed by atoms with E-state index in [0.717, 1.165) is 11.3 Å². The van der Waals surface area contributed by atoms with Crippen molar-refractivity contribution in [2.45, 2.75) is 26.8 Å². The monoisotopic (exact) mass is 413 g/mol. The van der Waals surface area contributed by atoms with Crippen LogP contribution in [0.3, 0.4) is 0 Å². The summed E-state index contributed by atoms with van der Waals surface area (Å²) in [7, 11) is 0. The van der Waals surface area contributed by atoms with Crippen molar-refractivity contribution in [3.05, 3.63) is 77.6 Å². The standard InChI is InChI=1S/C22H18F3N3O2/c1-14-3-5-16(6-4-14)12-28-13-18(11-15(28)2)21-26-20(27-30-21)17-7-9-19(10-8-17)29-22(23,24)25/h3-11,13H,12H2,1-2H3. The van der Waals surface area contributed by atoms with E-state index in [1.165, 1.54) is 35.4 Å².